The highest BCUT2D eigenvalue weighted by atomic mass is 16.5. The summed E-state index contributed by atoms with van der Waals surface area (Å²) in [7, 11) is 1.66. The van der Waals surface area contributed by atoms with Gasteiger partial charge in [-0.25, -0.2) is 4.79 Å². The molecule has 20 heavy (non-hydrogen) atoms. The van der Waals surface area contributed by atoms with Crippen LogP contribution >= 0.6 is 0 Å². The van der Waals surface area contributed by atoms with Crippen molar-refractivity contribution in [1.29, 1.82) is 0 Å². The molecule has 3 N–H and O–H groups in total. The van der Waals surface area contributed by atoms with Gasteiger partial charge >= 0.3 is 6.03 Å². The molecule has 2 amide bonds. The second-order valence-electron chi connectivity index (χ2n) is 4.84. The normalized spacial score (nSPS) is 11.9. The van der Waals surface area contributed by atoms with Crippen molar-refractivity contribution in [3.05, 3.63) is 35.4 Å². The van der Waals surface area contributed by atoms with Crippen molar-refractivity contribution >= 4 is 6.03 Å². The summed E-state index contributed by atoms with van der Waals surface area (Å²) in [5.74, 6) is 0. The Kier molecular flexibility index (Phi) is 7.69. The molecule has 112 valence electrons. The monoisotopic (exact) mass is 280 g/mol. The van der Waals surface area contributed by atoms with E-state index in [0.29, 0.717) is 19.6 Å². The van der Waals surface area contributed by atoms with E-state index in [1.165, 1.54) is 0 Å². The second kappa shape index (κ2) is 9.34. The Balaban J connectivity index is 2.29. The van der Waals surface area contributed by atoms with Crippen molar-refractivity contribution in [2.24, 2.45) is 0 Å². The SMILES string of the molecule is COCc1ccc(CNC(=O)NC(C)CCCO)cc1. The molecule has 1 atom stereocenters. The van der Waals surface area contributed by atoms with E-state index in [-0.39, 0.29) is 18.7 Å². The zero-order valence-corrected chi connectivity index (χ0v) is 12.2. The van der Waals surface area contributed by atoms with Crippen molar-refractivity contribution < 1.29 is 14.6 Å². The van der Waals surface area contributed by atoms with Crippen molar-refractivity contribution in [3.63, 3.8) is 0 Å². The maximum atomic E-state index is 11.7. The molecule has 5 nitrogen and oxygen atoms in total. The Morgan fingerprint density at radius 2 is 1.95 bits per heavy atom. The van der Waals surface area contributed by atoms with Crippen molar-refractivity contribution in [3.8, 4) is 0 Å². The number of methoxy groups -OCH3 is 1. The summed E-state index contributed by atoms with van der Waals surface area (Å²) in [5, 5.41) is 14.4. The summed E-state index contributed by atoms with van der Waals surface area (Å²) < 4.78 is 5.04. The van der Waals surface area contributed by atoms with Gasteiger partial charge in [0.1, 0.15) is 0 Å². The van der Waals surface area contributed by atoms with Crippen LogP contribution in [0, 0.1) is 0 Å². The lowest BCUT2D eigenvalue weighted by atomic mass is 10.1. The lowest BCUT2D eigenvalue weighted by molar-refractivity contribution is 0.185. The summed E-state index contributed by atoms with van der Waals surface area (Å²) in [4.78, 5) is 11.7. The lowest BCUT2D eigenvalue weighted by Gasteiger charge is -2.14. The molecule has 0 fully saturated rings. The highest BCUT2D eigenvalue weighted by molar-refractivity contribution is 5.74. The molecule has 0 aliphatic heterocycles. The topological polar surface area (TPSA) is 70.6 Å². The molecule has 1 unspecified atom stereocenters. The van der Waals surface area contributed by atoms with Crippen LogP contribution in [0.15, 0.2) is 24.3 Å². The molecule has 0 aliphatic carbocycles. The molecule has 5 heteroatoms. The first-order chi connectivity index (χ1) is 9.65. The molecular weight excluding hydrogens is 256 g/mol. The third kappa shape index (κ3) is 6.54. The summed E-state index contributed by atoms with van der Waals surface area (Å²) >= 11 is 0. The molecule has 0 saturated heterocycles. The van der Waals surface area contributed by atoms with Gasteiger partial charge in [0, 0.05) is 26.3 Å². The zero-order chi connectivity index (χ0) is 14.8. The van der Waals surface area contributed by atoms with Gasteiger partial charge in [0.15, 0.2) is 0 Å². The van der Waals surface area contributed by atoms with Gasteiger partial charge < -0.3 is 20.5 Å². The number of amides is 2. The second-order valence-corrected chi connectivity index (χ2v) is 4.84. The Morgan fingerprint density at radius 1 is 1.30 bits per heavy atom. The number of benzene rings is 1. The summed E-state index contributed by atoms with van der Waals surface area (Å²) in [6.07, 6.45) is 1.47. The lowest BCUT2D eigenvalue weighted by Crippen LogP contribution is -2.40. The molecule has 0 bridgehead atoms. The van der Waals surface area contributed by atoms with Crippen LogP contribution in [-0.2, 0) is 17.9 Å². The third-order valence-corrected chi connectivity index (χ3v) is 2.96. The molecule has 0 aromatic heterocycles. The van der Waals surface area contributed by atoms with Crippen LogP contribution in [0.3, 0.4) is 0 Å². The van der Waals surface area contributed by atoms with Gasteiger partial charge in [0.05, 0.1) is 6.61 Å². The van der Waals surface area contributed by atoms with Gasteiger partial charge in [-0.3, -0.25) is 0 Å². The number of aliphatic hydroxyl groups is 1. The molecule has 0 spiro atoms. The number of hydrogen-bond acceptors (Lipinski definition) is 3. The van der Waals surface area contributed by atoms with Gasteiger partial charge in [0.2, 0.25) is 0 Å². The van der Waals surface area contributed by atoms with E-state index < -0.39 is 0 Å². The van der Waals surface area contributed by atoms with Gasteiger partial charge in [-0.05, 0) is 30.9 Å². The van der Waals surface area contributed by atoms with E-state index >= 15 is 0 Å². The number of rotatable bonds is 8. The van der Waals surface area contributed by atoms with Gasteiger partial charge in [-0.2, -0.15) is 0 Å². The van der Waals surface area contributed by atoms with Gasteiger partial charge in [0.25, 0.3) is 0 Å². The number of carbonyl (C=O) groups is 1. The first-order valence-electron chi connectivity index (χ1n) is 6.87. The summed E-state index contributed by atoms with van der Waals surface area (Å²) in [6, 6.07) is 7.81. The highest BCUT2D eigenvalue weighted by Gasteiger charge is 2.06. The van der Waals surface area contributed by atoms with E-state index in [0.717, 1.165) is 17.5 Å². The predicted octanol–water partition coefficient (Wildman–Crippen LogP) is 1.79. The maximum Gasteiger partial charge on any atom is 0.315 e. The Hall–Kier alpha value is -1.59. The van der Waals surface area contributed by atoms with Gasteiger partial charge in [-0.15, -0.1) is 0 Å². The Morgan fingerprint density at radius 3 is 2.55 bits per heavy atom. The van der Waals surface area contributed by atoms with E-state index in [4.69, 9.17) is 9.84 Å². The average Bonchev–Trinajstić information content (AvgIpc) is 2.45. The summed E-state index contributed by atoms with van der Waals surface area (Å²) in [5.41, 5.74) is 2.15. The third-order valence-electron chi connectivity index (χ3n) is 2.96. The minimum Gasteiger partial charge on any atom is -0.396 e. The number of nitrogens with one attached hydrogen (secondary N) is 2. The van der Waals surface area contributed by atoms with Crippen LogP contribution in [-0.4, -0.2) is 30.9 Å². The van der Waals surface area contributed by atoms with Crippen molar-refractivity contribution in [2.45, 2.75) is 39.0 Å². The first kappa shape index (κ1) is 16.5. The summed E-state index contributed by atoms with van der Waals surface area (Å²) in [6.45, 7) is 3.17. The molecule has 0 heterocycles. The van der Waals surface area contributed by atoms with Crippen molar-refractivity contribution in [1.82, 2.24) is 10.6 Å². The fourth-order valence-electron chi connectivity index (χ4n) is 1.85. The minimum absolute atomic E-state index is 0.0613. The Labute approximate surface area is 120 Å². The fourth-order valence-corrected chi connectivity index (χ4v) is 1.85. The minimum atomic E-state index is -0.184. The Bertz CT molecular complexity index is 393. The number of urea groups is 1. The molecule has 1 aromatic carbocycles. The number of hydrogen-bond donors (Lipinski definition) is 3. The van der Waals surface area contributed by atoms with E-state index in [1.54, 1.807) is 7.11 Å². The number of ether oxygens (including phenoxy) is 1. The van der Waals surface area contributed by atoms with Crippen LogP contribution in [0.2, 0.25) is 0 Å². The van der Waals surface area contributed by atoms with E-state index in [2.05, 4.69) is 10.6 Å². The predicted molar refractivity (Wildman–Crippen MR) is 78.3 cm³/mol. The molecule has 1 aromatic rings. The molecule has 0 saturated carbocycles. The average molecular weight is 280 g/mol. The zero-order valence-electron chi connectivity index (χ0n) is 12.2. The van der Waals surface area contributed by atoms with Crippen LogP contribution in [0.1, 0.15) is 30.9 Å². The smallest absolute Gasteiger partial charge is 0.315 e. The maximum absolute atomic E-state index is 11.7. The first-order valence-corrected chi connectivity index (χ1v) is 6.87. The van der Waals surface area contributed by atoms with Gasteiger partial charge in [-0.1, -0.05) is 24.3 Å². The van der Waals surface area contributed by atoms with Crippen LogP contribution in [0.25, 0.3) is 0 Å². The molecule has 0 aliphatic rings. The van der Waals surface area contributed by atoms with Crippen molar-refractivity contribution in [2.75, 3.05) is 13.7 Å². The molecule has 0 radical (unpaired) electrons. The highest BCUT2D eigenvalue weighted by Crippen LogP contribution is 2.05. The standard InChI is InChI=1S/C15H24N2O3/c1-12(4-3-9-18)17-15(19)16-10-13-5-7-14(8-6-13)11-20-2/h5-8,12,18H,3-4,9-11H2,1-2H3,(H2,16,17,19). The number of carbonyl (C=O) groups excluding carboxylic acids is 1. The largest absolute Gasteiger partial charge is 0.396 e. The molecular formula is C15H24N2O3. The van der Waals surface area contributed by atoms with E-state index in [9.17, 15) is 4.79 Å². The fraction of sp³-hybridized carbons (Fsp3) is 0.533. The van der Waals surface area contributed by atoms with Crippen LogP contribution in [0.4, 0.5) is 4.79 Å². The van der Waals surface area contributed by atoms with Crippen LogP contribution < -0.4 is 10.6 Å². The quantitative estimate of drug-likeness (QED) is 0.680. The van der Waals surface area contributed by atoms with E-state index in [1.807, 2.05) is 31.2 Å². The number of aliphatic hydroxyl groups excluding tert-OH is 1. The van der Waals surface area contributed by atoms with Crippen LogP contribution in [0.5, 0.6) is 0 Å². The molecule has 1 rings (SSSR count).